The lowest BCUT2D eigenvalue weighted by atomic mass is 10.1. The summed E-state index contributed by atoms with van der Waals surface area (Å²) in [6.45, 7) is 0.283. The van der Waals surface area contributed by atoms with Gasteiger partial charge in [0.2, 0.25) is 0 Å². The molecule has 0 aliphatic rings. The molecular formula is C9H11IO. The third-order valence-electron chi connectivity index (χ3n) is 1.51. The number of hydrogen-bond acceptors (Lipinski definition) is 1. The van der Waals surface area contributed by atoms with Crippen molar-refractivity contribution in [2.24, 2.45) is 0 Å². The lowest BCUT2D eigenvalue weighted by Gasteiger charge is -1.98. The molecule has 0 fully saturated rings. The number of aliphatic hydroxyl groups excluding tert-OH is 1. The van der Waals surface area contributed by atoms with Gasteiger partial charge in [0.05, 0.1) is 0 Å². The van der Waals surface area contributed by atoms with Crippen molar-refractivity contribution in [3.8, 4) is 0 Å². The largest absolute Gasteiger partial charge is 0.396 e. The molecule has 0 bridgehead atoms. The Labute approximate surface area is 80.6 Å². The highest BCUT2D eigenvalue weighted by Crippen LogP contribution is 2.08. The number of benzene rings is 1. The molecule has 0 aliphatic heterocycles. The zero-order valence-electron chi connectivity index (χ0n) is 6.26. The van der Waals surface area contributed by atoms with Gasteiger partial charge < -0.3 is 5.11 Å². The van der Waals surface area contributed by atoms with Crippen LogP contribution >= 0.6 is 22.6 Å². The van der Waals surface area contributed by atoms with Crippen LogP contribution in [0.25, 0.3) is 0 Å². The van der Waals surface area contributed by atoms with Gasteiger partial charge in [0, 0.05) is 10.2 Å². The predicted octanol–water partition coefficient (Wildman–Crippen LogP) is 2.22. The minimum atomic E-state index is 0.283. The average molecular weight is 262 g/mol. The second kappa shape index (κ2) is 4.72. The average Bonchev–Trinajstić information content (AvgIpc) is 2.01. The van der Waals surface area contributed by atoms with Crippen LogP contribution in [0.3, 0.4) is 0 Å². The van der Waals surface area contributed by atoms with Crippen molar-refractivity contribution in [3.05, 3.63) is 33.4 Å². The van der Waals surface area contributed by atoms with E-state index in [-0.39, 0.29) is 6.61 Å². The first-order valence-corrected chi connectivity index (χ1v) is 4.76. The van der Waals surface area contributed by atoms with E-state index in [1.165, 1.54) is 9.13 Å². The summed E-state index contributed by atoms with van der Waals surface area (Å²) >= 11 is 2.29. The first-order valence-electron chi connectivity index (χ1n) is 3.68. The first kappa shape index (κ1) is 9.00. The normalized spacial score (nSPS) is 10.0. The van der Waals surface area contributed by atoms with Crippen LogP contribution in [0.1, 0.15) is 12.0 Å². The summed E-state index contributed by atoms with van der Waals surface area (Å²) < 4.78 is 1.26. The number of rotatable bonds is 3. The van der Waals surface area contributed by atoms with Crippen LogP contribution in [0.15, 0.2) is 24.3 Å². The smallest absolute Gasteiger partial charge is 0.0434 e. The van der Waals surface area contributed by atoms with Crippen molar-refractivity contribution in [3.63, 3.8) is 0 Å². The van der Waals surface area contributed by atoms with E-state index in [1.807, 2.05) is 0 Å². The summed E-state index contributed by atoms with van der Waals surface area (Å²) in [5.74, 6) is 0. The molecule has 60 valence electrons. The molecule has 0 aliphatic carbocycles. The van der Waals surface area contributed by atoms with Crippen molar-refractivity contribution in [2.75, 3.05) is 6.61 Å². The Morgan fingerprint density at radius 1 is 1.36 bits per heavy atom. The van der Waals surface area contributed by atoms with Crippen LogP contribution < -0.4 is 0 Å². The highest BCUT2D eigenvalue weighted by atomic mass is 127. The molecule has 0 heterocycles. The topological polar surface area (TPSA) is 20.2 Å². The number of hydrogen-bond donors (Lipinski definition) is 1. The Kier molecular flexibility index (Phi) is 3.86. The van der Waals surface area contributed by atoms with Gasteiger partial charge in [-0.3, -0.25) is 0 Å². The molecule has 0 saturated carbocycles. The van der Waals surface area contributed by atoms with E-state index in [0.717, 1.165) is 12.8 Å². The van der Waals surface area contributed by atoms with Gasteiger partial charge >= 0.3 is 0 Å². The van der Waals surface area contributed by atoms with E-state index in [2.05, 4.69) is 46.9 Å². The van der Waals surface area contributed by atoms with Gasteiger partial charge in [-0.2, -0.15) is 0 Å². The van der Waals surface area contributed by atoms with Gasteiger partial charge in [0.15, 0.2) is 0 Å². The SMILES string of the molecule is OCCCc1cccc(I)c1. The summed E-state index contributed by atoms with van der Waals surface area (Å²) in [5, 5.41) is 8.59. The fourth-order valence-corrected chi connectivity index (χ4v) is 1.58. The lowest BCUT2D eigenvalue weighted by molar-refractivity contribution is 0.288. The molecule has 0 amide bonds. The van der Waals surface area contributed by atoms with Crippen molar-refractivity contribution in [1.82, 2.24) is 0 Å². The van der Waals surface area contributed by atoms with Crippen molar-refractivity contribution in [1.29, 1.82) is 0 Å². The Morgan fingerprint density at radius 3 is 2.82 bits per heavy atom. The van der Waals surface area contributed by atoms with Crippen molar-refractivity contribution >= 4 is 22.6 Å². The molecule has 0 saturated heterocycles. The first-order chi connectivity index (χ1) is 5.33. The lowest BCUT2D eigenvalue weighted by Crippen LogP contribution is -1.89. The van der Waals surface area contributed by atoms with Crippen LogP contribution in [-0.2, 0) is 6.42 Å². The number of aryl methyl sites for hydroxylation is 1. The van der Waals surface area contributed by atoms with Crippen LogP contribution in [0.5, 0.6) is 0 Å². The van der Waals surface area contributed by atoms with Crippen LogP contribution in [0.2, 0.25) is 0 Å². The third kappa shape index (κ3) is 3.20. The van der Waals surface area contributed by atoms with E-state index >= 15 is 0 Å². The quantitative estimate of drug-likeness (QED) is 0.828. The predicted molar refractivity (Wildman–Crippen MR) is 54.6 cm³/mol. The van der Waals surface area contributed by atoms with E-state index < -0.39 is 0 Å². The minimum absolute atomic E-state index is 0.283. The van der Waals surface area contributed by atoms with Crippen LogP contribution in [-0.4, -0.2) is 11.7 Å². The maximum atomic E-state index is 8.59. The maximum absolute atomic E-state index is 8.59. The molecular weight excluding hydrogens is 251 g/mol. The summed E-state index contributed by atoms with van der Waals surface area (Å²) in [6, 6.07) is 8.37. The van der Waals surface area contributed by atoms with Crippen LogP contribution in [0.4, 0.5) is 0 Å². The van der Waals surface area contributed by atoms with Gasteiger partial charge in [0.1, 0.15) is 0 Å². The molecule has 1 aromatic carbocycles. The van der Waals surface area contributed by atoms with Crippen molar-refractivity contribution < 1.29 is 5.11 Å². The fraction of sp³-hybridized carbons (Fsp3) is 0.333. The molecule has 11 heavy (non-hydrogen) atoms. The Bertz CT molecular complexity index is 223. The molecule has 0 atom stereocenters. The molecule has 2 heteroatoms. The highest BCUT2D eigenvalue weighted by Gasteiger charge is 1.92. The molecule has 1 nitrogen and oxygen atoms in total. The van der Waals surface area contributed by atoms with Gasteiger partial charge in [-0.05, 0) is 53.1 Å². The van der Waals surface area contributed by atoms with E-state index in [0.29, 0.717) is 0 Å². The van der Waals surface area contributed by atoms with E-state index in [9.17, 15) is 0 Å². The second-order valence-electron chi connectivity index (χ2n) is 2.46. The van der Waals surface area contributed by atoms with Gasteiger partial charge in [-0.1, -0.05) is 12.1 Å². The molecule has 0 unspecified atom stereocenters. The summed E-state index contributed by atoms with van der Waals surface area (Å²) in [7, 11) is 0. The van der Waals surface area contributed by atoms with Gasteiger partial charge in [-0.15, -0.1) is 0 Å². The molecule has 0 spiro atoms. The fourth-order valence-electron chi connectivity index (χ4n) is 0.976. The molecule has 0 aromatic heterocycles. The summed E-state index contributed by atoms with van der Waals surface area (Å²) in [6.07, 6.45) is 1.84. The molecule has 0 radical (unpaired) electrons. The molecule has 1 N–H and O–H groups in total. The minimum Gasteiger partial charge on any atom is -0.396 e. The van der Waals surface area contributed by atoms with Crippen molar-refractivity contribution in [2.45, 2.75) is 12.8 Å². The van der Waals surface area contributed by atoms with Gasteiger partial charge in [0.25, 0.3) is 0 Å². The number of aliphatic hydroxyl groups is 1. The van der Waals surface area contributed by atoms with Gasteiger partial charge in [-0.25, -0.2) is 0 Å². The molecule has 1 aromatic rings. The zero-order valence-corrected chi connectivity index (χ0v) is 8.41. The summed E-state index contributed by atoms with van der Waals surface area (Å²) in [5.41, 5.74) is 1.31. The Balaban J connectivity index is 2.56. The Morgan fingerprint density at radius 2 is 2.18 bits per heavy atom. The standard InChI is InChI=1S/C9H11IO/c10-9-5-1-3-8(7-9)4-2-6-11/h1,3,5,7,11H,2,4,6H2. The maximum Gasteiger partial charge on any atom is 0.0434 e. The monoisotopic (exact) mass is 262 g/mol. The summed E-state index contributed by atoms with van der Waals surface area (Å²) in [4.78, 5) is 0. The van der Waals surface area contributed by atoms with E-state index in [1.54, 1.807) is 0 Å². The second-order valence-corrected chi connectivity index (χ2v) is 3.70. The van der Waals surface area contributed by atoms with Crippen LogP contribution in [0, 0.1) is 3.57 Å². The van der Waals surface area contributed by atoms with E-state index in [4.69, 9.17) is 5.11 Å². The Hall–Kier alpha value is -0.0900. The highest BCUT2D eigenvalue weighted by molar-refractivity contribution is 14.1. The zero-order chi connectivity index (χ0) is 8.10. The molecule has 1 rings (SSSR count). The number of halogens is 1. The third-order valence-corrected chi connectivity index (χ3v) is 2.18.